The zero-order valence-electron chi connectivity index (χ0n) is 6.69. The molecule has 0 atom stereocenters. The number of ketones is 1. The van der Waals surface area contributed by atoms with Crippen molar-refractivity contribution in [3.63, 3.8) is 0 Å². The molecule has 13 heavy (non-hydrogen) atoms. The number of carbonyl (C=O) groups excluding carboxylic acids is 1. The van der Waals surface area contributed by atoms with Crippen LogP contribution < -0.4 is 0 Å². The van der Waals surface area contributed by atoms with Crippen LogP contribution in [0.4, 0.5) is 0 Å². The first-order chi connectivity index (χ1) is 6.13. The summed E-state index contributed by atoms with van der Waals surface area (Å²) in [6.45, 7) is 0. The maximum Gasteiger partial charge on any atom is 0.151 e. The lowest BCUT2D eigenvalue weighted by Gasteiger charge is -2.00. The van der Waals surface area contributed by atoms with Gasteiger partial charge >= 0.3 is 0 Å². The van der Waals surface area contributed by atoms with Crippen molar-refractivity contribution in [2.45, 2.75) is 6.42 Å². The Morgan fingerprint density at radius 3 is 2.69 bits per heavy atom. The van der Waals surface area contributed by atoms with Crippen LogP contribution in [-0.4, -0.2) is 11.7 Å². The molecule has 0 saturated carbocycles. The molecule has 1 aromatic carbocycles. The van der Waals surface area contributed by atoms with Crippen LogP contribution in [0.3, 0.4) is 0 Å². The highest BCUT2D eigenvalue weighted by molar-refractivity contribution is 9.10. The average molecular weight is 282 g/mol. The van der Waals surface area contributed by atoms with Crippen LogP contribution in [0.1, 0.15) is 5.56 Å². The molecule has 4 heteroatoms. The third-order valence-corrected chi connectivity index (χ3v) is 3.05. The highest BCUT2D eigenvalue weighted by atomic mass is 79.9. The second kappa shape index (κ2) is 4.99. The van der Waals surface area contributed by atoms with E-state index in [1.807, 2.05) is 12.1 Å². The number of rotatable bonds is 3. The summed E-state index contributed by atoms with van der Waals surface area (Å²) >= 11 is 14.5. The van der Waals surface area contributed by atoms with E-state index in [0.717, 1.165) is 10.0 Å². The van der Waals surface area contributed by atoms with E-state index < -0.39 is 0 Å². The summed E-state index contributed by atoms with van der Waals surface area (Å²) in [5.74, 6) is 0.0659. The predicted octanol–water partition coefficient (Wildman–Crippen LogP) is 3.45. The van der Waals surface area contributed by atoms with E-state index in [1.165, 1.54) is 0 Å². The van der Waals surface area contributed by atoms with Gasteiger partial charge in [0.2, 0.25) is 0 Å². The molecule has 0 N–H and O–H groups in total. The molecular weight excluding hydrogens is 275 g/mol. The smallest absolute Gasteiger partial charge is 0.151 e. The van der Waals surface area contributed by atoms with E-state index in [1.54, 1.807) is 6.07 Å². The van der Waals surface area contributed by atoms with Gasteiger partial charge in [-0.05, 0) is 33.6 Å². The molecule has 0 amide bonds. The first kappa shape index (κ1) is 11.0. The molecule has 0 heterocycles. The predicted molar refractivity (Wildman–Crippen MR) is 58.6 cm³/mol. The topological polar surface area (TPSA) is 17.1 Å². The van der Waals surface area contributed by atoms with Gasteiger partial charge in [-0.25, -0.2) is 0 Å². The second-order valence-electron chi connectivity index (χ2n) is 2.60. The van der Waals surface area contributed by atoms with Gasteiger partial charge in [0.05, 0.1) is 10.9 Å². The molecule has 0 fully saturated rings. The average Bonchev–Trinajstić information content (AvgIpc) is 2.11. The van der Waals surface area contributed by atoms with Crippen molar-refractivity contribution in [3.8, 4) is 0 Å². The molecule has 70 valence electrons. The van der Waals surface area contributed by atoms with Crippen molar-refractivity contribution in [2.75, 3.05) is 5.88 Å². The van der Waals surface area contributed by atoms with Crippen LogP contribution in [0.15, 0.2) is 22.7 Å². The number of hydrogen-bond donors (Lipinski definition) is 0. The lowest BCUT2D eigenvalue weighted by atomic mass is 10.1. The lowest BCUT2D eigenvalue weighted by Crippen LogP contribution is -2.03. The molecule has 0 aliphatic carbocycles. The fourth-order valence-corrected chi connectivity index (χ4v) is 1.56. The van der Waals surface area contributed by atoms with Crippen LogP contribution in [0, 0.1) is 0 Å². The third-order valence-electron chi connectivity index (χ3n) is 1.53. The highest BCUT2D eigenvalue weighted by Crippen LogP contribution is 2.23. The Labute approximate surface area is 95.2 Å². The molecule has 0 saturated heterocycles. The highest BCUT2D eigenvalue weighted by Gasteiger charge is 2.03. The van der Waals surface area contributed by atoms with Crippen molar-refractivity contribution in [3.05, 3.63) is 33.3 Å². The van der Waals surface area contributed by atoms with Crippen LogP contribution in [-0.2, 0) is 11.2 Å². The monoisotopic (exact) mass is 280 g/mol. The summed E-state index contributed by atoms with van der Waals surface area (Å²) in [6.07, 6.45) is 0.360. The Bertz CT molecular complexity index is 325. The van der Waals surface area contributed by atoms with Crippen LogP contribution in [0.25, 0.3) is 0 Å². The third kappa shape index (κ3) is 3.29. The number of alkyl halides is 1. The van der Waals surface area contributed by atoms with Gasteiger partial charge in [0.1, 0.15) is 0 Å². The minimum Gasteiger partial charge on any atom is -0.298 e. The zero-order valence-corrected chi connectivity index (χ0v) is 9.79. The second-order valence-corrected chi connectivity index (χ2v) is 4.13. The van der Waals surface area contributed by atoms with E-state index >= 15 is 0 Å². The van der Waals surface area contributed by atoms with Gasteiger partial charge in [0, 0.05) is 10.9 Å². The number of Topliss-reactive ketones (excluding diaryl/α,β-unsaturated/α-hetero) is 1. The van der Waals surface area contributed by atoms with Gasteiger partial charge in [-0.15, -0.1) is 11.6 Å². The molecule has 0 aromatic heterocycles. The molecule has 0 unspecified atom stereocenters. The van der Waals surface area contributed by atoms with E-state index in [9.17, 15) is 4.79 Å². The summed E-state index contributed by atoms with van der Waals surface area (Å²) in [5, 5.41) is 0.641. The van der Waals surface area contributed by atoms with Crippen molar-refractivity contribution < 1.29 is 4.79 Å². The Hall–Kier alpha value is -0.0500. The van der Waals surface area contributed by atoms with E-state index in [-0.39, 0.29) is 11.7 Å². The summed E-state index contributed by atoms with van der Waals surface area (Å²) in [7, 11) is 0. The number of hydrogen-bond acceptors (Lipinski definition) is 1. The van der Waals surface area contributed by atoms with Crippen LogP contribution >= 0.6 is 39.1 Å². The standard InChI is InChI=1S/C9H7BrCl2O/c10-8-4-6(1-2-9(8)12)3-7(13)5-11/h1-2,4H,3,5H2. The lowest BCUT2D eigenvalue weighted by molar-refractivity contribution is -0.116. The van der Waals surface area contributed by atoms with Gasteiger partial charge < -0.3 is 0 Å². The van der Waals surface area contributed by atoms with Crippen LogP contribution in [0.5, 0.6) is 0 Å². The van der Waals surface area contributed by atoms with E-state index in [0.29, 0.717) is 11.4 Å². The van der Waals surface area contributed by atoms with Crippen molar-refractivity contribution in [2.24, 2.45) is 0 Å². The molecule has 1 nitrogen and oxygen atoms in total. The number of carbonyl (C=O) groups is 1. The normalized spacial score (nSPS) is 10.1. The molecule has 1 rings (SSSR count). The minimum atomic E-state index is 0.0101. The number of benzene rings is 1. The molecule has 0 radical (unpaired) electrons. The Morgan fingerprint density at radius 2 is 2.15 bits per heavy atom. The first-order valence-corrected chi connectivity index (χ1v) is 5.35. The molecule has 0 aliphatic heterocycles. The Morgan fingerprint density at radius 1 is 1.46 bits per heavy atom. The summed E-state index contributed by atoms with van der Waals surface area (Å²) < 4.78 is 0.800. The summed E-state index contributed by atoms with van der Waals surface area (Å²) in [4.78, 5) is 11.0. The fourth-order valence-electron chi connectivity index (χ4n) is 0.925. The van der Waals surface area contributed by atoms with Crippen molar-refractivity contribution >= 4 is 44.9 Å². The molecule has 1 aromatic rings. The zero-order chi connectivity index (χ0) is 9.84. The molecule has 0 spiro atoms. The van der Waals surface area contributed by atoms with Crippen molar-refractivity contribution in [1.82, 2.24) is 0 Å². The van der Waals surface area contributed by atoms with E-state index in [2.05, 4.69) is 15.9 Å². The molecule has 0 aliphatic rings. The molecule has 0 bridgehead atoms. The number of halogens is 3. The quantitative estimate of drug-likeness (QED) is 0.776. The van der Waals surface area contributed by atoms with Gasteiger partial charge in [-0.1, -0.05) is 17.7 Å². The Kier molecular flexibility index (Phi) is 4.23. The minimum absolute atomic E-state index is 0.0101. The summed E-state index contributed by atoms with van der Waals surface area (Å²) in [5.41, 5.74) is 0.918. The summed E-state index contributed by atoms with van der Waals surface area (Å²) in [6, 6.07) is 5.40. The largest absolute Gasteiger partial charge is 0.298 e. The maximum atomic E-state index is 11.0. The van der Waals surface area contributed by atoms with Gasteiger partial charge in [0.15, 0.2) is 5.78 Å². The maximum absolute atomic E-state index is 11.0. The molecular formula is C9H7BrCl2O. The van der Waals surface area contributed by atoms with Crippen LogP contribution in [0.2, 0.25) is 5.02 Å². The van der Waals surface area contributed by atoms with E-state index in [4.69, 9.17) is 23.2 Å². The van der Waals surface area contributed by atoms with Gasteiger partial charge in [-0.2, -0.15) is 0 Å². The van der Waals surface area contributed by atoms with Gasteiger partial charge in [0.25, 0.3) is 0 Å². The SMILES string of the molecule is O=C(CCl)Cc1ccc(Cl)c(Br)c1. The first-order valence-electron chi connectivity index (χ1n) is 3.65. The van der Waals surface area contributed by atoms with Gasteiger partial charge in [-0.3, -0.25) is 4.79 Å². The van der Waals surface area contributed by atoms with Crippen molar-refractivity contribution in [1.29, 1.82) is 0 Å². The Balaban J connectivity index is 2.79. The fraction of sp³-hybridized carbons (Fsp3) is 0.222.